The first kappa shape index (κ1) is 17.7. The van der Waals surface area contributed by atoms with Crippen LogP contribution >= 0.6 is 0 Å². The van der Waals surface area contributed by atoms with Crippen LogP contribution in [-0.4, -0.2) is 62.3 Å². The summed E-state index contributed by atoms with van der Waals surface area (Å²) in [7, 11) is 2.13. The van der Waals surface area contributed by atoms with Crippen molar-refractivity contribution >= 4 is 5.91 Å². The van der Waals surface area contributed by atoms with Crippen molar-refractivity contribution in [3.05, 3.63) is 24.0 Å². The smallest absolute Gasteiger partial charge is 0.246 e. The number of likely N-dealkylation sites (tertiary alicyclic amines) is 1. The van der Waals surface area contributed by atoms with Crippen molar-refractivity contribution in [2.45, 2.75) is 18.9 Å². The van der Waals surface area contributed by atoms with Gasteiger partial charge in [0.05, 0.1) is 19.3 Å². The molecule has 1 aromatic heterocycles. The Labute approximate surface area is 137 Å². The van der Waals surface area contributed by atoms with Crippen molar-refractivity contribution in [3.63, 3.8) is 0 Å². The molecule has 0 aromatic carbocycles. The van der Waals surface area contributed by atoms with Crippen LogP contribution in [0.25, 0.3) is 0 Å². The first-order valence-corrected chi connectivity index (χ1v) is 8.03. The van der Waals surface area contributed by atoms with E-state index in [-0.39, 0.29) is 12.5 Å². The summed E-state index contributed by atoms with van der Waals surface area (Å²) in [6, 6.07) is 2.46. The van der Waals surface area contributed by atoms with Gasteiger partial charge >= 0.3 is 0 Å². The molecule has 1 amide bonds. The van der Waals surface area contributed by atoms with Gasteiger partial charge in [-0.1, -0.05) is 0 Å². The number of hydrogen-bond donors (Lipinski definition) is 2. The molecule has 128 valence electrons. The summed E-state index contributed by atoms with van der Waals surface area (Å²) < 4.78 is 10.7. The largest absolute Gasteiger partial charge is 0.490 e. The predicted octanol–water partition coefficient (Wildman–Crippen LogP) is 0.319. The van der Waals surface area contributed by atoms with Crippen molar-refractivity contribution < 1.29 is 14.3 Å². The molecule has 0 aliphatic carbocycles. The number of rotatable bonds is 9. The van der Waals surface area contributed by atoms with E-state index in [4.69, 9.17) is 15.2 Å². The van der Waals surface area contributed by atoms with Gasteiger partial charge in [-0.2, -0.15) is 0 Å². The van der Waals surface area contributed by atoms with Gasteiger partial charge in [-0.15, -0.1) is 0 Å². The zero-order valence-corrected chi connectivity index (χ0v) is 13.7. The maximum Gasteiger partial charge on any atom is 0.246 e. The fourth-order valence-electron chi connectivity index (χ4n) is 2.69. The van der Waals surface area contributed by atoms with Crippen molar-refractivity contribution in [2.24, 2.45) is 5.73 Å². The summed E-state index contributed by atoms with van der Waals surface area (Å²) in [4.78, 5) is 18.0. The monoisotopic (exact) mass is 322 g/mol. The molecule has 1 aliphatic rings. The number of pyridine rings is 1. The molecule has 1 saturated heterocycles. The number of amides is 1. The van der Waals surface area contributed by atoms with E-state index < -0.39 is 0 Å². The summed E-state index contributed by atoms with van der Waals surface area (Å²) in [6.45, 7) is 2.77. The molecule has 7 nitrogen and oxygen atoms in total. The molecule has 2 heterocycles. The standard InChI is InChI=1S/C16H26N4O3/c1-20-6-2-3-15(20)13-9-14(11-18-10-13)23-8-5-19-16(21)12-22-7-4-17/h9-11,15H,2-8,12,17H2,1H3,(H,19,21). The zero-order chi connectivity index (χ0) is 16.5. The molecular formula is C16H26N4O3. The van der Waals surface area contributed by atoms with E-state index in [1.54, 1.807) is 6.20 Å². The Morgan fingerprint density at radius 1 is 1.48 bits per heavy atom. The molecule has 0 bridgehead atoms. The lowest BCUT2D eigenvalue weighted by atomic mass is 10.1. The molecule has 2 rings (SSSR count). The summed E-state index contributed by atoms with van der Waals surface area (Å²) in [5, 5.41) is 2.73. The van der Waals surface area contributed by atoms with Crippen LogP contribution in [0.2, 0.25) is 0 Å². The van der Waals surface area contributed by atoms with Crippen LogP contribution in [0, 0.1) is 0 Å². The van der Waals surface area contributed by atoms with Crippen LogP contribution in [0.5, 0.6) is 5.75 Å². The Hall–Kier alpha value is -1.70. The predicted molar refractivity (Wildman–Crippen MR) is 87.2 cm³/mol. The highest BCUT2D eigenvalue weighted by molar-refractivity contribution is 5.77. The van der Waals surface area contributed by atoms with Crippen LogP contribution in [0.1, 0.15) is 24.4 Å². The van der Waals surface area contributed by atoms with E-state index in [0.29, 0.717) is 32.3 Å². The van der Waals surface area contributed by atoms with Crippen molar-refractivity contribution in [1.82, 2.24) is 15.2 Å². The lowest BCUT2D eigenvalue weighted by Crippen LogP contribution is -2.31. The van der Waals surface area contributed by atoms with Gasteiger partial charge in [-0.05, 0) is 38.1 Å². The number of carbonyl (C=O) groups is 1. The highest BCUT2D eigenvalue weighted by Crippen LogP contribution is 2.31. The Kier molecular flexibility index (Phi) is 7.25. The van der Waals surface area contributed by atoms with Crippen molar-refractivity contribution in [3.8, 4) is 5.75 Å². The molecule has 3 N–H and O–H groups in total. The highest BCUT2D eigenvalue weighted by atomic mass is 16.5. The SMILES string of the molecule is CN1CCCC1c1cncc(OCCNC(=O)COCCN)c1. The molecule has 1 aliphatic heterocycles. The average Bonchev–Trinajstić information content (AvgIpc) is 2.98. The second kappa shape index (κ2) is 9.44. The number of nitrogens with zero attached hydrogens (tertiary/aromatic N) is 2. The van der Waals surface area contributed by atoms with Crippen LogP contribution in [-0.2, 0) is 9.53 Å². The van der Waals surface area contributed by atoms with Gasteiger partial charge in [0.25, 0.3) is 0 Å². The molecule has 1 atom stereocenters. The summed E-state index contributed by atoms with van der Waals surface area (Å²) >= 11 is 0. The van der Waals surface area contributed by atoms with Crippen molar-refractivity contribution in [1.29, 1.82) is 0 Å². The third-order valence-electron chi connectivity index (χ3n) is 3.83. The third-order valence-corrected chi connectivity index (χ3v) is 3.83. The zero-order valence-electron chi connectivity index (χ0n) is 13.7. The molecule has 1 aromatic rings. The second-order valence-electron chi connectivity index (χ2n) is 5.63. The molecule has 23 heavy (non-hydrogen) atoms. The van der Waals surface area contributed by atoms with Crippen LogP contribution in [0.3, 0.4) is 0 Å². The topological polar surface area (TPSA) is 89.7 Å². The van der Waals surface area contributed by atoms with Crippen LogP contribution in [0.15, 0.2) is 18.5 Å². The fourth-order valence-corrected chi connectivity index (χ4v) is 2.69. The van der Waals surface area contributed by atoms with E-state index in [1.165, 1.54) is 12.0 Å². The normalized spacial score (nSPS) is 18.1. The number of aromatic nitrogens is 1. The molecule has 1 fully saturated rings. The highest BCUT2D eigenvalue weighted by Gasteiger charge is 2.22. The molecule has 7 heteroatoms. The third kappa shape index (κ3) is 5.78. The number of hydrogen-bond acceptors (Lipinski definition) is 6. The Morgan fingerprint density at radius 3 is 3.09 bits per heavy atom. The van der Waals surface area contributed by atoms with Crippen LogP contribution < -0.4 is 15.8 Å². The molecule has 0 spiro atoms. The van der Waals surface area contributed by atoms with Crippen molar-refractivity contribution in [2.75, 3.05) is 46.5 Å². The lowest BCUT2D eigenvalue weighted by molar-refractivity contribution is -0.125. The Balaban J connectivity index is 1.70. The summed E-state index contributed by atoms with van der Waals surface area (Å²) in [5.41, 5.74) is 6.46. The number of nitrogens with two attached hydrogens (primary N) is 1. The molecular weight excluding hydrogens is 296 g/mol. The van der Waals surface area contributed by atoms with E-state index >= 15 is 0 Å². The average molecular weight is 322 g/mol. The Bertz CT molecular complexity index is 498. The van der Waals surface area contributed by atoms with E-state index in [2.05, 4.69) is 22.2 Å². The lowest BCUT2D eigenvalue weighted by Gasteiger charge is -2.19. The second-order valence-corrected chi connectivity index (χ2v) is 5.63. The quantitative estimate of drug-likeness (QED) is 0.636. The minimum absolute atomic E-state index is 0.0300. The first-order valence-electron chi connectivity index (χ1n) is 8.03. The minimum atomic E-state index is -0.165. The van der Waals surface area contributed by atoms with E-state index in [0.717, 1.165) is 18.7 Å². The Morgan fingerprint density at radius 2 is 2.35 bits per heavy atom. The maximum absolute atomic E-state index is 11.4. The van der Waals surface area contributed by atoms with Gasteiger partial charge in [0.1, 0.15) is 19.0 Å². The number of ether oxygens (including phenoxy) is 2. The molecule has 0 radical (unpaired) electrons. The first-order chi connectivity index (χ1) is 11.2. The minimum Gasteiger partial charge on any atom is -0.490 e. The van der Waals surface area contributed by atoms with E-state index in [1.807, 2.05) is 12.3 Å². The number of nitrogens with one attached hydrogen (secondary N) is 1. The fraction of sp³-hybridized carbons (Fsp3) is 0.625. The van der Waals surface area contributed by atoms with Gasteiger partial charge in [-0.25, -0.2) is 0 Å². The molecule has 1 unspecified atom stereocenters. The van der Waals surface area contributed by atoms with Crippen LogP contribution in [0.4, 0.5) is 0 Å². The van der Waals surface area contributed by atoms with Gasteiger partial charge in [-0.3, -0.25) is 14.7 Å². The summed E-state index contributed by atoms with van der Waals surface area (Å²) in [5.74, 6) is 0.568. The van der Waals surface area contributed by atoms with Gasteiger partial charge < -0.3 is 20.5 Å². The number of carbonyl (C=O) groups excluding carboxylic acids is 1. The van der Waals surface area contributed by atoms with E-state index in [9.17, 15) is 4.79 Å². The molecule has 0 saturated carbocycles. The van der Waals surface area contributed by atoms with Gasteiger partial charge in [0.2, 0.25) is 5.91 Å². The summed E-state index contributed by atoms with van der Waals surface area (Å²) in [6.07, 6.45) is 5.96. The van der Waals surface area contributed by atoms with Gasteiger partial charge in [0.15, 0.2) is 0 Å². The maximum atomic E-state index is 11.4. The van der Waals surface area contributed by atoms with Gasteiger partial charge in [0, 0.05) is 18.8 Å².